The Morgan fingerprint density at radius 2 is 2.15 bits per heavy atom. The van der Waals surface area contributed by atoms with Gasteiger partial charge in [-0.3, -0.25) is 0 Å². The summed E-state index contributed by atoms with van der Waals surface area (Å²) in [5.74, 6) is 0.944. The summed E-state index contributed by atoms with van der Waals surface area (Å²) in [5, 5.41) is 0. The van der Waals surface area contributed by atoms with E-state index in [1.54, 1.807) is 0 Å². The largest absolute Gasteiger partial charge is 0.491 e. The van der Waals surface area contributed by atoms with Gasteiger partial charge in [0, 0.05) is 11.0 Å². The predicted molar refractivity (Wildman–Crippen MR) is 58.1 cm³/mol. The minimum absolute atomic E-state index is 0.0766. The lowest BCUT2D eigenvalue weighted by Gasteiger charge is -2.15. The maximum Gasteiger partial charge on any atom is 0.137 e. The van der Waals surface area contributed by atoms with Crippen molar-refractivity contribution < 1.29 is 4.74 Å². The molecular formula is C10H10BBrO. The average Bonchev–Trinajstić information content (AvgIpc) is 2.28. The number of rotatable bonds is 0. The maximum atomic E-state index is 5.77. The fourth-order valence-electron chi connectivity index (χ4n) is 1.59. The van der Waals surface area contributed by atoms with Gasteiger partial charge in [0.2, 0.25) is 0 Å². The van der Waals surface area contributed by atoms with Crippen LogP contribution < -0.4 is 10.2 Å². The van der Waals surface area contributed by atoms with Gasteiger partial charge in [0.05, 0.1) is 11.1 Å². The van der Waals surface area contributed by atoms with Crippen LogP contribution in [0.1, 0.15) is 19.4 Å². The smallest absolute Gasteiger partial charge is 0.137 e. The fourth-order valence-corrected chi connectivity index (χ4v) is 2.19. The number of hydrogen-bond acceptors (Lipinski definition) is 1. The van der Waals surface area contributed by atoms with Crippen LogP contribution in [-0.4, -0.2) is 14.5 Å². The van der Waals surface area contributed by atoms with Crippen LogP contribution in [-0.2, 0) is 5.41 Å². The van der Waals surface area contributed by atoms with E-state index < -0.39 is 0 Å². The second-order valence-electron chi connectivity index (χ2n) is 4.05. The van der Waals surface area contributed by atoms with Gasteiger partial charge >= 0.3 is 0 Å². The molecule has 0 N–H and O–H groups in total. The summed E-state index contributed by atoms with van der Waals surface area (Å²) in [4.78, 5) is 0. The topological polar surface area (TPSA) is 9.23 Å². The van der Waals surface area contributed by atoms with Crippen molar-refractivity contribution >= 4 is 29.2 Å². The highest BCUT2D eigenvalue weighted by Gasteiger charge is 2.32. The maximum absolute atomic E-state index is 5.77. The molecule has 0 unspecified atom stereocenters. The summed E-state index contributed by atoms with van der Waals surface area (Å²) in [6.45, 7) is 5.04. The van der Waals surface area contributed by atoms with Crippen LogP contribution in [0, 0.1) is 0 Å². The van der Waals surface area contributed by atoms with Gasteiger partial charge in [-0.05, 0) is 15.9 Å². The summed E-state index contributed by atoms with van der Waals surface area (Å²) < 4.78 is 6.55. The fraction of sp³-hybridized carbons (Fsp3) is 0.400. The summed E-state index contributed by atoms with van der Waals surface area (Å²) in [6.07, 6.45) is 0. The molecule has 0 bridgehead atoms. The molecule has 0 amide bonds. The van der Waals surface area contributed by atoms with Gasteiger partial charge < -0.3 is 4.74 Å². The standard InChI is InChI=1S/C10H10BBrO/c1-10(2)5-13-9-7(10)3-6(11)4-8(9)12/h3-4H,5H2,1-2H3. The Hall–Kier alpha value is -0.435. The van der Waals surface area contributed by atoms with Crippen molar-refractivity contribution in [1.82, 2.24) is 0 Å². The van der Waals surface area contributed by atoms with Crippen LogP contribution in [0.3, 0.4) is 0 Å². The molecule has 0 atom stereocenters. The second-order valence-corrected chi connectivity index (χ2v) is 4.91. The molecule has 1 nitrogen and oxygen atoms in total. The van der Waals surface area contributed by atoms with Gasteiger partial charge in [-0.1, -0.05) is 31.4 Å². The van der Waals surface area contributed by atoms with Gasteiger partial charge in [-0.2, -0.15) is 0 Å². The Balaban J connectivity index is 2.65. The molecule has 66 valence electrons. The van der Waals surface area contributed by atoms with Crippen LogP contribution in [0.25, 0.3) is 0 Å². The molecule has 1 aliphatic heterocycles. The van der Waals surface area contributed by atoms with E-state index in [9.17, 15) is 0 Å². The van der Waals surface area contributed by atoms with E-state index in [2.05, 4.69) is 29.8 Å². The summed E-state index contributed by atoms with van der Waals surface area (Å²) in [5.41, 5.74) is 2.05. The lowest BCUT2D eigenvalue weighted by atomic mass is 9.83. The van der Waals surface area contributed by atoms with Gasteiger partial charge in [0.15, 0.2) is 0 Å². The van der Waals surface area contributed by atoms with Crippen molar-refractivity contribution in [2.24, 2.45) is 0 Å². The van der Waals surface area contributed by atoms with Crippen LogP contribution in [0.2, 0.25) is 0 Å². The predicted octanol–water partition coefficient (Wildman–Crippen LogP) is 1.91. The van der Waals surface area contributed by atoms with Crippen molar-refractivity contribution in [3.8, 4) is 5.75 Å². The minimum atomic E-state index is 0.0766. The van der Waals surface area contributed by atoms with Crippen LogP contribution in [0.15, 0.2) is 16.6 Å². The van der Waals surface area contributed by atoms with E-state index in [1.165, 1.54) is 5.56 Å². The number of ether oxygens (including phenoxy) is 1. The first-order chi connectivity index (χ1) is 6.00. The molecule has 2 rings (SSSR count). The first-order valence-corrected chi connectivity index (χ1v) is 5.02. The van der Waals surface area contributed by atoms with Crippen LogP contribution in [0.5, 0.6) is 5.75 Å². The third-order valence-electron chi connectivity index (χ3n) is 2.37. The summed E-state index contributed by atoms with van der Waals surface area (Å²) in [6, 6.07) is 3.87. The Labute approximate surface area is 88.0 Å². The monoisotopic (exact) mass is 236 g/mol. The van der Waals surface area contributed by atoms with E-state index in [4.69, 9.17) is 12.6 Å². The van der Waals surface area contributed by atoms with E-state index in [0.717, 1.165) is 22.3 Å². The number of benzene rings is 1. The van der Waals surface area contributed by atoms with Crippen molar-refractivity contribution in [3.05, 3.63) is 22.2 Å². The van der Waals surface area contributed by atoms with Crippen molar-refractivity contribution in [1.29, 1.82) is 0 Å². The Kier molecular flexibility index (Phi) is 1.95. The van der Waals surface area contributed by atoms with E-state index in [0.29, 0.717) is 0 Å². The van der Waals surface area contributed by atoms with E-state index in [-0.39, 0.29) is 5.41 Å². The third-order valence-corrected chi connectivity index (χ3v) is 2.96. The van der Waals surface area contributed by atoms with Crippen molar-refractivity contribution in [2.75, 3.05) is 6.61 Å². The molecule has 1 aromatic rings. The molecule has 0 aromatic heterocycles. The van der Waals surface area contributed by atoms with Gasteiger partial charge in [-0.25, -0.2) is 0 Å². The average molecular weight is 237 g/mol. The molecular weight excluding hydrogens is 227 g/mol. The van der Waals surface area contributed by atoms with Crippen LogP contribution in [0.4, 0.5) is 0 Å². The molecule has 0 fully saturated rings. The van der Waals surface area contributed by atoms with Gasteiger partial charge in [0.1, 0.15) is 13.6 Å². The molecule has 0 saturated heterocycles. The quantitative estimate of drug-likeness (QED) is 0.626. The lowest BCUT2D eigenvalue weighted by Crippen LogP contribution is -2.19. The molecule has 1 heterocycles. The molecule has 0 spiro atoms. The highest BCUT2D eigenvalue weighted by molar-refractivity contribution is 9.10. The van der Waals surface area contributed by atoms with Crippen molar-refractivity contribution in [2.45, 2.75) is 19.3 Å². The Morgan fingerprint density at radius 1 is 1.46 bits per heavy atom. The van der Waals surface area contributed by atoms with Gasteiger partial charge in [0.25, 0.3) is 0 Å². The SMILES string of the molecule is [B]c1cc(Br)c2c(c1)C(C)(C)CO2. The number of halogens is 1. The molecule has 2 radical (unpaired) electrons. The first-order valence-electron chi connectivity index (χ1n) is 4.23. The summed E-state index contributed by atoms with van der Waals surface area (Å²) in [7, 11) is 5.77. The van der Waals surface area contributed by atoms with Crippen molar-refractivity contribution in [3.63, 3.8) is 0 Å². The van der Waals surface area contributed by atoms with Crippen LogP contribution >= 0.6 is 15.9 Å². The highest BCUT2D eigenvalue weighted by Crippen LogP contribution is 2.41. The first kappa shape index (κ1) is 9.13. The molecule has 3 heteroatoms. The molecule has 1 aromatic carbocycles. The molecule has 13 heavy (non-hydrogen) atoms. The highest BCUT2D eigenvalue weighted by atomic mass is 79.9. The molecule has 0 aliphatic carbocycles. The minimum Gasteiger partial charge on any atom is -0.491 e. The Bertz CT molecular complexity index is 360. The van der Waals surface area contributed by atoms with E-state index in [1.807, 2.05) is 12.1 Å². The second kappa shape index (κ2) is 2.78. The number of hydrogen-bond donors (Lipinski definition) is 0. The third kappa shape index (κ3) is 1.39. The normalized spacial score (nSPS) is 18.1. The zero-order valence-corrected chi connectivity index (χ0v) is 9.31. The lowest BCUT2D eigenvalue weighted by molar-refractivity contribution is 0.290. The zero-order valence-electron chi connectivity index (χ0n) is 7.73. The summed E-state index contributed by atoms with van der Waals surface area (Å²) >= 11 is 3.44. The van der Waals surface area contributed by atoms with E-state index >= 15 is 0 Å². The number of fused-ring (bicyclic) bond motifs is 1. The zero-order chi connectivity index (χ0) is 9.64. The van der Waals surface area contributed by atoms with Gasteiger partial charge in [-0.15, -0.1) is 0 Å². The molecule has 0 saturated carbocycles. The molecule has 1 aliphatic rings. The Morgan fingerprint density at radius 3 is 2.85 bits per heavy atom.